The van der Waals surface area contributed by atoms with E-state index in [4.69, 9.17) is 27.9 Å². The number of ether oxygens (including phenoxy) is 1. The van der Waals surface area contributed by atoms with Gasteiger partial charge < -0.3 is 10.1 Å². The molecule has 0 aliphatic heterocycles. The molecule has 4 atom stereocenters. The molecule has 22 heavy (non-hydrogen) atoms. The van der Waals surface area contributed by atoms with Crippen molar-refractivity contribution in [1.29, 1.82) is 0 Å². The molecule has 0 heterocycles. The van der Waals surface area contributed by atoms with Crippen molar-refractivity contribution in [3.8, 4) is 5.75 Å². The summed E-state index contributed by atoms with van der Waals surface area (Å²) in [4.78, 5) is 12.1. The van der Waals surface area contributed by atoms with Gasteiger partial charge >= 0.3 is 0 Å². The Kier molecular flexibility index (Phi) is 4.84. The summed E-state index contributed by atoms with van der Waals surface area (Å²) < 4.78 is 5.48. The lowest BCUT2D eigenvalue weighted by Crippen LogP contribution is -2.42. The largest absolute Gasteiger partial charge is 0.482 e. The molecule has 2 aliphatic rings. The molecule has 0 radical (unpaired) electrons. The molecule has 1 aromatic rings. The molecule has 5 heteroatoms. The van der Waals surface area contributed by atoms with Gasteiger partial charge in [0.1, 0.15) is 5.75 Å². The number of carbonyl (C=O) groups excluding carboxylic acids is 1. The molecule has 1 aromatic carbocycles. The molecular formula is C17H21Cl2NO2. The molecule has 2 bridgehead atoms. The molecule has 1 N–H and O–H groups in total. The lowest BCUT2D eigenvalue weighted by atomic mass is 9.84. The summed E-state index contributed by atoms with van der Waals surface area (Å²) in [6.07, 6.45) is 5.31. The molecule has 2 saturated carbocycles. The maximum absolute atomic E-state index is 12.1. The predicted molar refractivity (Wildman–Crippen MR) is 88.5 cm³/mol. The van der Waals surface area contributed by atoms with Gasteiger partial charge in [0, 0.05) is 11.1 Å². The monoisotopic (exact) mass is 341 g/mol. The number of nitrogens with one attached hydrogen (secondary N) is 1. The molecule has 2 aliphatic carbocycles. The minimum Gasteiger partial charge on any atom is -0.482 e. The van der Waals surface area contributed by atoms with E-state index in [-0.39, 0.29) is 18.6 Å². The zero-order valence-corrected chi connectivity index (χ0v) is 14.2. The summed E-state index contributed by atoms with van der Waals surface area (Å²) >= 11 is 11.9. The van der Waals surface area contributed by atoms with Gasteiger partial charge in [-0.2, -0.15) is 0 Å². The molecule has 3 nitrogen and oxygen atoms in total. The Morgan fingerprint density at radius 2 is 2.18 bits per heavy atom. The highest BCUT2D eigenvalue weighted by atomic mass is 35.5. The van der Waals surface area contributed by atoms with Crippen LogP contribution >= 0.6 is 23.2 Å². The summed E-state index contributed by atoms with van der Waals surface area (Å²) in [6, 6.07) is 5.19. The molecule has 0 spiro atoms. The van der Waals surface area contributed by atoms with E-state index < -0.39 is 0 Å². The zero-order chi connectivity index (χ0) is 15.7. The van der Waals surface area contributed by atoms with Crippen molar-refractivity contribution in [1.82, 2.24) is 5.32 Å². The van der Waals surface area contributed by atoms with Gasteiger partial charge in [-0.15, -0.1) is 0 Å². The van der Waals surface area contributed by atoms with Gasteiger partial charge in [-0.3, -0.25) is 4.79 Å². The van der Waals surface area contributed by atoms with Crippen LogP contribution in [-0.4, -0.2) is 18.6 Å². The van der Waals surface area contributed by atoms with Gasteiger partial charge in [-0.05, 0) is 62.1 Å². The second-order valence-corrected chi connectivity index (χ2v) is 7.40. The summed E-state index contributed by atoms with van der Waals surface area (Å²) in [6.45, 7) is 2.09. The Balaban J connectivity index is 1.48. The van der Waals surface area contributed by atoms with Crippen LogP contribution in [0.2, 0.25) is 10.0 Å². The SMILES string of the molecule is C[C@@H](NC(=O)COc1ccc(Cl)cc1Cl)[C@@H]1C[C@@H]2CC[C@@H]1C2. The highest BCUT2D eigenvalue weighted by molar-refractivity contribution is 6.35. The van der Waals surface area contributed by atoms with E-state index in [1.807, 2.05) is 0 Å². The topological polar surface area (TPSA) is 38.3 Å². The Labute approximate surface area is 141 Å². The van der Waals surface area contributed by atoms with Crippen molar-refractivity contribution in [3.63, 3.8) is 0 Å². The average Bonchev–Trinajstić information content (AvgIpc) is 3.09. The minimum atomic E-state index is -0.0960. The zero-order valence-electron chi connectivity index (χ0n) is 12.6. The van der Waals surface area contributed by atoms with Crippen LogP contribution in [0.15, 0.2) is 18.2 Å². The van der Waals surface area contributed by atoms with E-state index in [2.05, 4.69) is 12.2 Å². The first kappa shape index (κ1) is 15.9. The third-order valence-corrected chi connectivity index (χ3v) is 5.61. The highest BCUT2D eigenvalue weighted by Gasteiger charge is 2.42. The first-order chi connectivity index (χ1) is 10.5. The molecule has 120 valence electrons. The fourth-order valence-corrected chi connectivity index (χ4v) is 4.51. The normalized spacial score (nSPS) is 27.7. The first-order valence-electron chi connectivity index (χ1n) is 7.90. The fourth-order valence-electron chi connectivity index (χ4n) is 4.04. The lowest BCUT2D eigenvalue weighted by molar-refractivity contribution is -0.124. The van der Waals surface area contributed by atoms with Crippen LogP contribution < -0.4 is 10.1 Å². The van der Waals surface area contributed by atoms with Crippen molar-refractivity contribution < 1.29 is 9.53 Å². The van der Waals surface area contributed by atoms with Gasteiger partial charge in [0.05, 0.1) is 5.02 Å². The summed E-state index contributed by atoms with van der Waals surface area (Å²) in [7, 11) is 0. The average molecular weight is 342 g/mol. The third kappa shape index (κ3) is 3.52. The summed E-state index contributed by atoms with van der Waals surface area (Å²) in [5.41, 5.74) is 0. The van der Waals surface area contributed by atoms with Crippen LogP contribution in [0.3, 0.4) is 0 Å². The molecular weight excluding hydrogens is 321 g/mol. The van der Waals surface area contributed by atoms with Crippen LogP contribution in [0.4, 0.5) is 0 Å². The Morgan fingerprint density at radius 1 is 1.36 bits per heavy atom. The van der Waals surface area contributed by atoms with Crippen LogP contribution in [0.25, 0.3) is 0 Å². The van der Waals surface area contributed by atoms with Gasteiger partial charge in [-0.1, -0.05) is 29.6 Å². The van der Waals surface area contributed by atoms with Crippen molar-refractivity contribution in [3.05, 3.63) is 28.2 Å². The number of amides is 1. The van der Waals surface area contributed by atoms with Gasteiger partial charge in [0.15, 0.2) is 6.61 Å². The molecule has 0 aromatic heterocycles. The predicted octanol–water partition coefficient (Wildman–Crippen LogP) is 4.31. The van der Waals surface area contributed by atoms with Gasteiger partial charge in [0.2, 0.25) is 0 Å². The minimum absolute atomic E-state index is 0.0213. The van der Waals surface area contributed by atoms with Crippen LogP contribution in [0.5, 0.6) is 5.75 Å². The first-order valence-corrected chi connectivity index (χ1v) is 8.65. The summed E-state index contributed by atoms with van der Waals surface area (Å²) in [5.74, 6) is 2.70. The summed E-state index contributed by atoms with van der Waals surface area (Å²) in [5, 5.41) is 4.04. The Hall–Kier alpha value is -0.930. The number of fused-ring (bicyclic) bond motifs is 2. The fraction of sp³-hybridized carbons (Fsp3) is 0.588. The van der Waals surface area contributed by atoms with E-state index in [0.717, 1.165) is 11.8 Å². The van der Waals surface area contributed by atoms with Crippen molar-refractivity contribution in [2.75, 3.05) is 6.61 Å². The van der Waals surface area contributed by atoms with E-state index >= 15 is 0 Å². The van der Waals surface area contributed by atoms with E-state index in [0.29, 0.717) is 21.7 Å². The van der Waals surface area contributed by atoms with E-state index in [1.54, 1.807) is 18.2 Å². The number of carbonyl (C=O) groups is 1. The molecule has 3 rings (SSSR count). The Bertz CT molecular complexity index is 564. The Morgan fingerprint density at radius 3 is 2.82 bits per heavy atom. The number of hydrogen-bond acceptors (Lipinski definition) is 2. The van der Waals surface area contributed by atoms with E-state index in [9.17, 15) is 4.79 Å². The number of rotatable bonds is 5. The standard InChI is InChI=1S/C17H21Cl2NO2/c1-10(14-7-11-2-3-12(14)6-11)20-17(21)9-22-16-5-4-13(18)8-15(16)19/h4-5,8,10-12,14H,2-3,6-7,9H2,1H3,(H,20,21)/t10-,11-,12-,14+/m1/s1. The van der Waals surface area contributed by atoms with E-state index in [1.165, 1.54) is 25.7 Å². The van der Waals surface area contributed by atoms with Crippen LogP contribution in [0.1, 0.15) is 32.6 Å². The van der Waals surface area contributed by atoms with Crippen molar-refractivity contribution >= 4 is 29.1 Å². The molecule has 1 amide bonds. The lowest BCUT2D eigenvalue weighted by Gasteiger charge is -2.28. The van der Waals surface area contributed by atoms with Crippen molar-refractivity contribution in [2.45, 2.75) is 38.6 Å². The smallest absolute Gasteiger partial charge is 0.258 e. The second kappa shape index (κ2) is 6.67. The second-order valence-electron chi connectivity index (χ2n) is 6.56. The third-order valence-electron chi connectivity index (χ3n) is 5.08. The molecule has 2 fully saturated rings. The number of halogens is 2. The molecule has 0 unspecified atom stereocenters. The van der Waals surface area contributed by atoms with Crippen LogP contribution in [-0.2, 0) is 4.79 Å². The number of hydrogen-bond donors (Lipinski definition) is 1. The van der Waals surface area contributed by atoms with Crippen LogP contribution in [0, 0.1) is 17.8 Å². The van der Waals surface area contributed by atoms with Gasteiger partial charge in [0.25, 0.3) is 5.91 Å². The number of benzene rings is 1. The molecule has 0 saturated heterocycles. The maximum Gasteiger partial charge on any atom is 0.258 e. The van der Waals surface area contributed by atoms with Crippen molar-refractivity contribution in [2.24, 2.45) is 17.8 Å². The quantitative estimate of drug-likeness (QED) is 0.866. The highest BCUT2D eigenvalue weighted by Crippen LogP contribution is 2.49. The van der Waals surface area contributed by atoms with Gasteiger partial charge in [-0.25, -0.2) is 0 Å². The maximum atomic E-state index is 12.1.